The van der Waals surface area contributed by atoms with Crippen molar-refractivity contribution in [2.45, 2.75) is 6.92 Å². The van der Waals surface area contributed by atoms with Crippen LogP contribution in [0.25, 0.3) is 0 Å². The minimum Gasteiger partial charge on any atom is -0.501 e. The van der Waals surface area contributed by atoms with Crippen molar-refractivity contribution in [2.24, 2.45) is 4.99 Å². The fourth-order valence-electron chi connectivity index (χ4n) is 1.25. The number of nitriles is 1. The largest absolute Gasteiger partial charge is 0.501 e. The number of phenols is 1. The summed E-state index contributed by atoms with van der Waals surface area (Å²) in [6.45, 7) is 1.65. The van der Waals surface area contributed by atoms with Gasteiger partial charge in [-0.2, -0.15) is 5.26 Å². The van der Waals surface area contributed by atoms with Gasteiger partial charge in [0.05, 0.1) is 4.92 Å². The number of amidine groups is 1. The zero-order valence-electron chi connectivity index (χ0n) is 9.67. The monoisotopic (exact) mass is 266 g/mol. The molecule has 0 amide bonds. The number of rotatable bonds is 2. The van der Waals surface area contributed by atoms with Gasteiger partial charge in [0.2, 0.25) is 5.75 Å². The summed E-state index contributed by atoms with van der Waals surface area (Å²) in [5, 5.41) is 31.5. The molecule has 0 saturated heterocycles. The molecule has 0 atom stereocenters. The van der Waals surface area contributed by atoms with E-state index in [0.29, 0.717) is 5.56 Å². The fraction of sp³-hybridized carbons (Fsp3) is 0.200. The van der Waals surface area contributed by atoms with Gasteiger partial charge >= 0.3 is 5.69 Å². The fourth-order valence-corrected chi connectivity index (χ4v) is 1.58. The summed E-state index contributed by atoms with van der Waals surface area (Å²) < 4.78 is 0. The molecule has 0 saturated carbocycles. The first kappa shape index (κ1) is 13.8. The topological polar surface area (TPSA) is 112 Å². The molecule has 8 heteroatoms. The third-order valence-corrected chi connectivity index (χ3v) is 2.57. The number of hydrogen-bond acceptors (Lipinski definition) is 6. The summed E-state index contributed by atoms with van der Waals surface area (Å²) in [4.78, 5) is 14.0. The van der Waals surface area contributed by atoms with Crippen LogP contribution in [0.15, 0.2) is 17.1 Å². The molecule has 0 aromatic heterocycles. The summed E-state index contributed by atoms with van der Waals surface area (Å²) in [6, 6.07) is 2.75. The Labute approximate surface area is 107 Å². The van der Waals surface area contributed by atoms with E-state index in [1.54, 1.807) is 19.4 Å². The predicted molar refractivity (Wildman–Crippen MR) is 68.9 cm³/mol. The van der Waals surface area contributed by atoms with Crippen LogP contribution in [0, 0.1) is 28.5 Å². The maximum absolute atomic E-state index is 10.7. The second kappa shape index (κ2) is 5.88. The number of thioether (sulfide) groups is 1. The molecule has 1 aromatic rings. The Morgan fingerprint density at radius 3 is 2.83 bits per heavy atom. The molecular formula is C10H10N4O3S. The van der Waals surface area contributed by atoms with E-state index >= 15 is 0 Å². The van der Waals surface area contributed by atoms with Crippen molar-refractivity contribution in [3.63, 3.8) is 0 Å². The highest BCUT2D eigenvalue weighted by Crippen LogP contribution is 2.37. The summed E-state index contributed by atoms with van der Waals surface area (Å²) >= 11 is 1.15. The van der Waals surface area contributed by atoms with Crippen LogP contribution in [0.5, 0.6) is 5.75 Å². The molecule has 1 rings (SSSR count). The number of nitro groups is 1. The molecular weight excluding hydrogens is 256 g/mol. The summed E-state index contributed by atoms with van der Waals surface area (Å²) in [5.41, 5.74) is 0.232. The molecule has 0 aliphatic heterocycles. The quantitative estimate of drug-likeness (QED) is 0.211. The summed E-state index contributed by atoms with van der Waals surface area (Å²) in [6.07, 6.45) is 3.38. The van der Waals surface area contributed by atoms with Crippen LogP contribution in [0.2, 0.25) is 0 Å². The van der Waals surface area contributed by atoms with Crippen LogP contribution in [0.1, 0.15) is 5.56 Å². The Kier molecular flexibility index (Phi) is 4.51. The molecule has 0 aliphatic rings. The van der Waals surface area contributed by atoms with E-state index < -0.39 is 16.4 Å². The number of aliphatic imine (C=N–C) groups is 1. The van der Waals surface area contributed by atoms with Gasteiger partial charge in [-0.25, -0.2) is 4.99 Å². The van der Waals surface area contributed by atoms with Crippen molar-refractivity contribution < 1.29 is 10.0 Å². The van der Waals surface area contributed by atoms with Crippen LogP contribution >= 0.6 is 11.8 Å². The van der Waals surface area contributed by atoms with Crippen LogP contribution in [0.3, 0.4) is 0 Å². The van der Waals surface area contributed by atoms with E-state index in [4.69, 9.17) is 5.26 Å². The highest BCUT2D eigenvalue weighted by Gasteiger charge is 2.18. The lowest BCUT2D eigenvalue weighted by Gasteiger charge is -2.04. The molecule has 94 valence electrons. The van der Waals surface area contributed by atoms with E-state index in [-0.39, 0.29) is 10.9 Å². The van der Waals surface area contributed by atoms with Gasteiger partial charge in [0, 0.05) is 6.07 Å². The molecule has 7 nitrogen and oxygen atoms in total. The molecule has 0 spiro atoms. The first-order valence-electron chi connectivity index (χ1n) is 4.75. The van der Waals surface area contributed by atoms with Gasteiger partial charge in [0.1, 0.15) is 5.69 Å². The van der Waals surface area contributed by atoms with E-state index in [1.807, 2.05) is 0 Å². The van der Waals surface area contributed by atoms with Crippen LogP contribution in [-0.4, -0.2) is 21.5 Å². The molecule has 0 aliphatic carbocycles. The van der Waals surface area contributed by atoms with Crippen molar-refractivity contribution in [2.75, 3.05) is 6.26 Å². The lowest BCUT2D eigenvalue weighted by Crippen LogP contribution is -2.12. The Morgan fingerprint density at radius 2 is 2.33 bits per heavy atom. The molecule has 0 radical (unpaired) electrons. The van der Waals surface area contributed by atoms with Gasteiger partial charge in [-0.05, 0) is 24.8 Å². The molecule has 0 fully saturated rings. The first-order chi connectivity index (χ1) is 8.49. The minimum absolute atomic E-state index is 0.0498. The smallest absolute Gasteiger partial charge is 0.313 e. The summed E-state index contributed by atoms with van der Waals surface area (Å²) in [7, 11) is 0. The average Bonchev–Trinajstić information content (AvgIpc) is 2.32. The second-order valence-electron chi connectivity index (χ2n) is 3.27. The van der Waals surface area contributed by atoms with E-state index in [9.17, 15) is 15.2 Å². The Balaban J connectivity index is 3.33. The zero-order chi connectivity index (χ0) is 13.7. The molecule has 18 heavy (non-hydrogen) atoms. The number of nitro benzene ring substituents is 1. The predicted octanol–water partition coefficient (Wildman–Crippen LogP) is 2.03. The highest BCUT2D eigenvalue weighted by atomic mass is 32.2. The van der Waals surface area contributed by atoms with Crippen molar-refractivity contribution in [3.05, 3.63) is 27.8 Å². The van der Waals surface area contributed by atoms with Gasteiger partial charge in [-0.15, -0.1) is 0 Å². The second-order valence-corrected chi connectivity index (χ2v) is 4.06. The Hall–Kier alpha value is -2.27. The first-order valence-corrected chi connectivity index (χ1v) is 5.98. The lowest BCUT2D eigenvalue weighted by atomic mass is 10.2. The van der Waals surface area contributed by atoms with E-state index in [2.05, 4.69) is 10.3 Å². The summed E-state index contributed by atoms with van der Waals surface area (Å²) in [5.74, 6) is -0.517. The van der Waals surface area contributed by atoms with Crippen molar-refractivity contribution in [3.8, 4) is 11.9 Å². The van der Waals surface area contributed by atoms with Gasteiger partial charge < -0.3 is 5.11 Å². The molecule has 1 aromatic carbocycles. The van der Waals surface area contributed by atoms with Crippen molar-refractivity contribution in [1.82, 2.24) is 5.32 Å². The SMILES string of the molecule is CSC(=Nc1cc(C)cc([N+](=O)[O-])c1O)NC#N. The van der Waals surface area contributed by atoms with Gasteiger partial charge in [-0.1, -0.05) is 11.8 Å². The number of benzene rings is 1. The zero-order valence-corrected chi connectivity index (χ0v) is 10.5. The number of nitrogens with one attached hydrogen (secondary N) is 1. The number of aromatic hydroxyl groups is 1. The maximum Gasteiger partial charge on any atom is 0.313 e. The van der Waals surface area contributed by atoms with E-state index in [1.165, 1.54) is 12.1 Å². The van der Waals surface area contributed by atoms with Gasteiger partial charge in [0.15, 0.2) is 11.4 Å². The Morgan fingerprint density at radius 1 is 1.67 bits per heavy atom. The number of aryl methyl sites for hydroxylation is 1. The molecule has 0 unspecified atom stereocenters. The molecule has 2 N–H and O–H groups in total. The number of hydrogen-bond donors (Lipinski definition) is 2. The lowest BCUT2D eigenvalue weighted by molar-refractivity contribution is -0.385. The maximum atomic E-state index is 10.7. The molecule has 0 heterocycles. The van der Waals surface area contributed by atoms with Crippen LogP contribution in [0.4, 0.5) is 11.4 Å². The van der Waals surface area contributed by atoms with Crippen molar-refractivity contribution >= 4 is 28.3 Å². The third kappa shape index (κ3) is 3.11. The van der Waals surface area contributed by atoms with Gasteiger partial charge in [-0.3, -0.25) is 15.4 Å². The van der Waals surface area contributed by atoms with Crippen LogP contribution in [-0.2, 0) is 0 Å². The molecule has 0 bridgehead atoms. The normalized spacial score (nSPS) is 10.8. The Bertz CT molecular complexity index is 551. The highest BCUT2D eigenvalue weighted by molar-refractivity contribution is 8.13. The third-order valence-electron chi connectivity index (χ3n) is 1.99. The van der Waals surface area contributed by atoms with Crippen molar-refractivity contribution in [1.29, 1.82) is 5.26 Å². The van der Waals surface area contributed by atoms with Crippen LogP contribution < -0.4 is 5.32 Å². The average molecular weight is 266 g/mol. The van der Waals surface area contributed by atoms with Gasteiger partial charge in [0.25, 0.3) is 0 Å². The van der Waals surface area contributed by atoms with E-state index in [0.717, 1.165) is 11.8 Å². The number of phenolic OH excluding ortho intramolecular Hbond substituents is 1. The standard InChI is InChI=1S/C10H10N4O3S/c1-6-3-7(13-10(18-2)12-5-11)9(15)8(4-6)14(16)17/h3-4,15H,1-2H3,(H,12,13). The number of nitrogens with zero attached hydrogens (tertiary/aromatic N) is 3. The minimum atomic E-state index is -0.683.